The second-order valence-electron chi connectivity index (χ2n) is 9.32. The first-order chi connectivity index (χ1) is 16.1. The zero-order chi connectivity index (χ0) is 22.9. The van der Waals surface area contributed by atoms with Crippen LogP contribution in [-0.4, -0.2) is 54.0 Å². The number of nitrogens with one attached hydrogen (secondary N) is 1. The van der Waals surface area contributed by atoms with Gasteiger partial charge in [0, 0.05) is 48.3 Å². The van der Waals surface area contributed by atoms with E-state index in [0.29, 0.717) is 32.1 Å². The molecule has 2 heterocycles. The summed E-state index contributed by atoms with van der Waals surface area (Å²) in [6.07, 6.45) is 3.38. The van der Waals surface area contributed by atoms with Gasteiger partial charge in [-0.25, -0.2) is 0 Å². The number of piperazine rings is 1. The lowest BCUT2D eigenvalue weighted by Crippen LogP contribution is -2.49. The SMILES string of the molecule is COc1ccc([C@H](C#N)N2CCN(C(=O)c3ccc4[nH]c5c(c4c3)C[C@H](C)CC5)CC2)cc1. The molecule has 33 heavy (non-hydrogen) atoms. The van der Waals surface area contributed by atoms with Crippen LogP contribution in [0.15, 0.2) is 42.5 Å². The number of H-pyrrole nitrogens is 1. The highest BCUT2D eigenvalue weighted by atomic mass is 16.5. The maximum absolute atomic E-state index is 13.3. The smallest absolute Gasteiger partial charge is 0.253 e. The molecule has 6 heteroatoms. The van der Waals surface area contributed by atoms with Crippen molar-refractivity contribution < 1.29 is 9.53 Å². The number of methoxy groups -OCH3 is 1. The van der Waals surface area contributed by atoms with E-state index in [1.165, 1.54) is 23.1 Å². The number of carbonyl (C=O) groups excluding carboxylic acids is 1. The Bertz CT molecular complexity index is 1200. The van der Waals surface area contributed by atoms with Crippen LogP contribution in [0.5, 0.6) is 5.75 Å². The van der Waals surface area contributed by atoms with Gasteiger partial charge in [-0.3, -0.25) is 9.69 Å². The average Bonchev–Trinajstić information content (AvgIpc) is 3.22. The molecule has 0 spiro atoms. The van der Waals surface area contributed by atoms with E-state index in [2.05, 4.69) is 35.0 Å². The number of aromatic nitrogens is 1. The minimum atomic E-state index is -0.321. The van der Waals surface area contributed by atoms with Crippen LogP contribution in [0.4, 0.5) is 0 Å². The number of hydrogen-bond acceptors (Lipinski definition) is 4. The van der Waals surface area contributed by atoms with E-state index in [1.807, 2.05) is 35.2 Å². The lowest BCUT2D eigenvalue weighted by molar-refractivity contribution is 0.0606. The van der Waals surface area contributed by atoms with Crippen molar-refractivity contribution in [3.8, 4) is 11.8 Å². The summed E-state index contributed by atoms with van der Waals surface area (Å²) in [7, 11) is 1.63. The Balaban J connectivity index is 1.29. The van der Waals surface area contributed by atoms with Gasteiger partial charge in [0.1, 0.15) is 11.8 Å². The molecule has 2 aliphatic rings. The molecule has 1 saturated heterocycles. The molecule has 1 N–H and O–H groups in total. The van der Waals surface area contributed by atoms with Crippen molar-refractivity contribution in [2.24, 2.45) is 5.92 Å². The van der Waals surface area contributed by atoms with Crippen molar-refractivity contribution in [2.45, 2.75) is 32.2 Å². The fraction of sp³-hybridized carbons (Fsp3) is 0.407. The molecule has 1 aromatic heterocycles. The zero-order valence-corrected chi connectivity index (χ0v) is 19.3. The first kappa shape index (κ1) is 21.5. The predicted molar refractivity (Wildman–Crippen MR) is 128 cm³/mol. The molecule has 3 aromatic rings. The molecule has 2 atom stereocenters. The van der Waals surface area contributed by atoms with Crippen LogP contribution in [-0.2, 0) is 12.8 Å². The molecule has 0 radical (unpaired) electrons. The third-order valence-electron chi connectivity index (χ3n) is 7.20. The molecular weight excluding hydrogens is 412 g/mol. The second kappa shape index (κ2) is 8.92. The van der Waals surface area contributed by atoms with Gasteiger partial charge in [-0.15, -0.1) is 0 Å². The number of amides is 1. The van der Waals surface area contributed by atoms with Crippen molar-refractivity contribution in [2.75, 3.05) is 33.3 Å². The fourth-order valence-electron chi connectivity index (χ4n) is 5.24. The standard InChI is InChI=1S/C27H30N4O2/c1-18-3-9-24-22(15-18)23-16-20(6-10-25(23)29-24)27(32)31-13-11-30(12-14-31)26(17-28)19-4-7-21(33-2)8-5-19/h4-8,10,16,18,26,29H,3,9,11-15H2,1-2H3/t18-,26+/m1/s1. The van der Waals surface area contributed by atoms with Crippen LogP contribution in [0, 0.1) is 17.2 Å². The van der Waals surface area contributed by atoms with Gasteiger partial charge >= 0.3 is 0 Å². The quantitative estimate of drug-likeness (QED) is 0.653. The molecule has 1 fully saturated rings. The summed E-state index contributed by atoms with van der Waals surface area (Å²) >= 11 is 0. The van der Waals surface area contributed by atoms with E-state index in [-0.39, 0.29) is 11.9 Å². The maximum atomic E-state index is 13.3. The highest BCUT2D eigenvalue weighted by Crippen LogP contribution is 2.32. The number of ether oxygens (including phenoxy) is 1. The first-order valence-electron chi connectivity index (χ1n) is 11.8. The molecule has 6 nitrogen and oxygen atoms in total. The summed E-state index contributed by atoms with van der Waals surface area (Å²) < 4.78 is 5.23. The molecule has 1 aliphatic heterocycles. The van der Waals surface area contributed by atoms with Gasteiger partial charge in [-0.2, -0.15) is 5.26 Å². The molecule has 2 aromatic carbocycles. The van der Waals surface area contributed by atoms with Gasteiger partial charge in [-0.1, -0.05) is 19.1 Å². The molecule has 1 aliphatic carbocycles. The predicted octanol–water partition coefficient (Wildman–Crippen LogP) is 4.32. The number of nitriles is 1. The molecule has 5 rings (SSSR count). The van der Waals surface area contributed by atoms with E-state index < -0.39 is 0 Å². The number of hydrogen-bond donors (Lipinski definition) is 1. The number of carbonyl (C=O) groups is 1. The van der Waals surface area contributed by atoms with Crippen LogP contribution in [0.2, 0.25) is 0 Å². The van der Waals surface area contributed by atoms with Crippen molar-refractivity contribution in [1.82, 2.24) is 14.8 Å². The summed E-state index contributed by atoms with van der Waals surface area (Å²) in [6, 6.07) is 15.8. The minimum Gasteiger partial charge on any atom is -0.497 e. The molecule has 0 bridgehead atoms. The van der Waals surface area contributed by atoms with Crippen molar-refractivity contribution in [1.29, 1.82) is 5.26 Å². The monoisotopic (exact) mass is 442 g/mol. The summed E-state index contributed by atoms with van der Waals surface area (Å²) in [5.41, 5.74) is 5.56. The van der Waals surface area contributed by atoms with Crippen LogP contribution in [0.3, 0.4) is 0 Å². The maximum Gasteiger partial charge on any atom is 0.253 e. The van der Waals surface area contributed by atoms with Crippen molar-refractivity contribution in [3.05, 3.63) is 64.8 Å². The Morgan fingerprint density at radius 1 is 1.15 bits per heavy atom. The fourth-order valence-corrected chi connectivity index (χ4v) is 5.24. The number of aromatic amines is 1. The Morgan fingerprint density at radius 2 is 1.91 bits per heavy atom. The van der Waals surface area contributed by atoms with Gasteiger partial charge in [-0.05, 0) is 66.6 Å². The van der Waals surface area contributed by atoms with E-state index in [1.54, 1.807) is 7.11 Å². The van der Waals surface area contributed by atoms with Crippen LogP contribution in [0.1, 0.15) is 46.6 Å². The highest BCUT2D eigenvalue weighted by molar-refractivity contribution is 5.99. The van der Waals surface area contributed by atoms with E-state index >= 15 is 0 Å². The Kier molecular flexibility index (Phi) is 5.82. The summed E-state index contributed by atoms with van der Waals surface area (Å²) in [6.45, 7) is 4.89. The Morgan fingerprint density at radius 3 is 2.61 bits per heavy atom. The van der Waals surface area contributed by atoms with Gasteiger partial charge in [0.25, 0.3) is 5.91 Å². The van der Waals surface area contributed by atoms with Crippen LogP contribution in [0.25, 0.3) is 10.9 Å². The third kappa shape index (κ3) is 4.09. The number of benzene rings is 2. The highest BCUT2D eigenvalue weighted by Gasteiger charge is 2.28. The Labute approximate surface area is 194 Å². The summed E-state index contributed by atoms with van der Waals surface area (Å²) in [4.78, 5) is 20.9. The van der Waals surface area contributed by atoms with Crippen molar-refractivity contribution >= 4 is 16.8 Å². The molecular formula is C27H30N4O2. The van der Waals surface area contributed by atoms with Crippen molar-refractivity contribution in [3.63, 3.8) is 0 Å². The zero-order valence-electron chi connectivity index (χ0n) is 19.3. The number of fused-ring (bicyclic) bond motifs is 3. The van der Waals surface area contributed by atoms with Gasteiger partial charge in [0.05, 0.1) is 13.2 Å². The minimum absolute atomic E-state index is 0.0771. The van der Waals surface area contributed by atoms with Gasteiger partial charge < -0.3 is 14.6 Å². The molecule has 170 valence electrons. The molecule has 1 amide bonds. The Hall–Kier alpha value is -3.30. The first-order valence-corrected chi connectivity index (χ1v) is 11.8. The lowest BCUT2D eigenvalue weighted by Gasteiger charge is -2.37. The van der Waals surface area contributed by atoms with Gasteiger partial charge in [0.2, 0.25) is 0 Å². The second-order valence-corrected chi connectivity index (χ2v) is 9.32. The number of aryl methyl sites for hydroxylation is 1. The summed E-state index contributed by atoms with van der Waals surface area (Å²) in [5.74, 6) is 1.54. The molecule has 0 unspecified atom stereocenters. The average molecular weight is 443 g/mol. The topological polar surface area (TPSA) is 72.4 Å². The largest absolute Gasteiger partial charge is 0.497 e. The third-order valence-corrected chi connectivity index (χ3v) is 7.20. The van der Waals surface area contributed by atoms with Crippen LogP contribution < -0.4 is 4.74 Å². The lowest BCUT2D eigenvalue weighted by atomic mass is 9.87. The number of nitrogens with zero attached hydrogens (tertiary/aromatic N) is 3. The van der Waals surface area contributed by atoms with E-state index in [4.69, 9.17) is 4.74 Å². The summed E-state index contributed by atoms with van der Waals surface area (Å²) in [5, 5.41) is 11.0. The van der Waals surface area contributed by atoms with Gasteiger partial charge in [0.15, 0.2) is 0 Å². The molecule has 0 saturated carbocycles. The van der Waals surface area contributed by atoms with Crippen LogP contribution >= 0.6 is 0 Å². The van der Waals surface area contributed by atoms with E-state index in [0.717, 1.165) is 35.2 Å². The normalized spacial score (nSPS) is 19.7. The van der Waals surface area contributed by atoms with E-state index in [9.17, 15) is 10.1 Å². The number of rotatable bonds is 4.